The van der Waals surface area contributed by atoms with Crippen molar-refractivity contribution in [2.45, 2.75) is 18.4 Å². The molecule has 0 aliphatic rings. The first-order chi connectivity index (χ1) is 9.01. The number of aryl methyl sites for hydroxylation is 1. The van der Waals surface area contributed by atoms with E-state index in [0.29, 0.717) is 12.2 Å². The fourth-order valence-electron chi connectivity index (χ4n) is 1.59. The van der Waals surface area contributed by atoms with Crippen LogP contribution in [0.15, 0.2) is 34.8 Å². The number of nitrogens with zero attached hydrogens (tertiary/aromatic N) is 1. The normalized spacial score (nSPS) is 11.5. The van der Waals surface area contributed by atoms with Crippen molar-refractivity contribution in [1.82, 2.24) is 10.3 Å². The highest BCUT2D eigenvalue weighted by Crippen LogP contribution is 2.21. The zero-order valence-corrected chi connectivity index (χ0v) is 12.3. The molecular formula is C12H15N3O2S2. The van der Waals surface area contributed by atoms with E-state index in [9.17, 15) is 8.42 Å². The van der Waals surface area contributed by atoms with Crippen LogP contribution in [0.1, 0.15) is 10.4 Å². The van der Waals surface area contributed by atoms with Gasteiger partial charge in [-0.3, -0.25) is 9.71 Å². The SMILES string of the molecule is CNCc1cc(S(=O)(=O)Nc2cncc(C)c2)cs1. The van der Waals surface area contributed by atoms with Crippen LogP contribution in [-0.4, -0.2) is 20.4 Å². The Morgan fingerprint density at radius 3 is 2.79 bits per heavy atom. The van der Waals surface area contributed by atoms with Gasteiger partial charge in [0.25, 0.3) is 10.0 Å². The van der Waals surface area contributed by atoms with Crippen molar-refractivity contribution in [3.05, 3.63) is 40.3 Å². The Morgan fingerprint density at radius 1 is 1.32 bits per heavy atom. The molecule has 0 amide bonds. The van der Waals surface area contributed by atoms with Crippen molar-refractivity contribution in [3.8, 4) is 0 Å². The summed E-state index contributed by atoms with van der Waals surface area (Å²) in [6.45, 7) is 2.52. The van der Waals surface area contributed by atoms with E-state index >= 15 is 0 Å². The van der Waals surface area contributed by atoms with Gasteiger partial charge in [-0.1, -0.05) is 0 Å². The van der Waals surface area contributed by atoms with Crippen molar-refractivity contribution >= 4 is 27.0 Å². The highest BCUT2D eigenvalue weighted by Gasteiger charge is 2.16. The standard InChI is InChI=1S/C12H15N3O2S2/c1-9-3-10(6-14-5-9)15-19(16,17)12-4-11(7-13-2)18-8-12/h3-6,8,13,15H,7H2,1-2H3. The van der Waals surface area contributed by atoms with Crippen LogP contribution in [0.2, 0.25) is 0 Å². The maximum Gasteiger partial charge on any atom is 0.262 e. The molecule has 0 saturated heterocycles. The summed E-state index contributed by atoms with van der Waals surface area (Å²) in [5.74, 6) is 0. The molecule has 0 bridgehead atoms. The molecule has 7 heteroatoms. The van der Waals surface area contributed by atoms with Gasteiger partial charge in [0, 0.05) is 23.0 Å². The van der Waals surface area contributed by atoms with Crippen LogP contribution in [-0.2, 0) is 16.6 Å². The second kappa shape index (κ2) is 5.68. The molecule has 5 nitrogen and oxygen atoms in total. The summed E-state index contributed by atoms with van der Waals surface area (Å²) in [7, 11) is -1.71. The molecular weight excluding hydrogens is 282 g/mol. The van der Waals surface area contributed by atoms with Gasteiger partial charge in [0.05, 0.1) is 16.8 Å². The number of hydrogen-bond acceptors (Lipinski definition) is 5. The Hall–Kier alpha value is -1.44. The quantitative estimate of drug-likeness (QED) is 0.885. The lowest BCUT2D eigenvalue weighted by Crippen LogP contribution is -2.12. The lowest BCUT2D eigenvalue weighted by atomic mass is 10.3. The molecule has 102 valence electrons. The van der Waals surface area contributed by atoms with Crippen LogP contribution in [0.25, 0.3) is 0 Å². The van der Waals surface area contributed by atoms with Crippen LogP contribution in [0.3, 0.4) is 0 Å². The van der Waals surface area contributed by atoms with Gasteiger partial charge < -0.3 is 5.32 Å². The van der Waals surface area contributed by atoms with Gasteiger partial charge >= 0.3 is 0 Å². The number of rotatable bonds is 5. The number of aromatic nitrogens is 1. The monoisotopic (exact) mass is 297 g/mol. The number of hydrogen-bond donors (Lipinski definition) is 2. The van der Waals surface area contributed by atoms with Crippen molar-refractivity contribution in [1.29, 1.82) is 0 Å². The second-order valence-electron chi connectivity index (χ2n) is 4.14. The molecule has 0 aliphatic carbocycles. The average molecular weight is 297 g/mol. The third kappa shape index (κ3) is 3.52. The Labute approximate surface area is 116 Å². The molecule has 2 aromatic heterocycles. The predicted octanol–water partition coefficient (Wildman–Crippen LogP) is 1.97. The van der Waals surface area contributed by atoms with E-state index < -0.39 is 10.0 Å². The van der Waals surface area contributed by atoms with Crippen LogP contribution in [0, 0.1) is 6.92 Å². The van der Waals surface area contributed by atoms with E-state index in [2.05, 4.69) is 15.0 Å². The van der Waals surface area contributed by atoms with Gasteiger partial charge in [-0.15, -0.1) is 11.3 Å². The number of thiophene rings is 1. The Bertz CT molecular complexity index is 665. The Kier molecular flexibility index (Phi) is 4.18. The van der Waals surface area contributed by atoms with Crippen molar-refractivity contribution in [2.24, 2.45) is 0 Å². The van der Waals surface area contributed by atoms with E-state index in [1.165, 1.54) is 17.5 Å². The lowest BCUT2D eigenvalue weighted by Gasteiger charge is -2.06. The molecule has 0 atom stereocenters. The third-order valence-corrected chi connectivity index (χ3v) is 4.86. The van der Waals surface area contributed by atoms with Crippen LogP contribution in [0.5, 0.6) is 0 Å². The van der Waals surface area contributed by atoms with E-state index in [1.807, 2.05) is 14.0 Å². The highest BCUT2D eigenvalue weighted by molar-refractivity contribution is 7.92. The van der Waals surface area contributed by atoms with Crippen molar-refractivity contribution in [3.63, 3.8) is 0 Å². The number of nitrogens with one attached hydrogen (secondary N) is 2. The Morgan fingerprint density at radius 2 is 2.11 bits per heavy atom. The molecule has 0 saturated carbocycles. The third-order valence-electron chi connectivity index (χ3n) is 2.42. The average Bonchev–Trinajstić information content (AvgIpc) is 2.78. The summed E-state index contributed by atoms with van der Waals surface area (Å²) in [5.41, 5.74) is 1.38. The van der Waals surface area contributed by atoms with Crippen LogP contribution >= 0.6 is 11.3 Å². The van der Waals surface area contributed by atoms with Gasteiger partial charge in [0.15, 0.2) is 0 Å². The van der Waals surface area contributed by atoms with E-state index in [1.54, 1.807) is 23.7 Å². The minimum absolute atomic E-state index is 0.282. The van der Waals surface area contributed by atoms with Crippen LogP contribution < -0.4 is 10.0 Å². The van der Waals surface area contributed by atoms with Gasteiger partial charge in [-0.2, -0.15) is 0 Å². The van der Waals surface area contributed by atoms with Gasteiger partial charge in [0.2, 0.25) is 0 Å². The highest BCUT2D eigenvalue weighted by atomic mass is 32.2. The lowest BCUT2D eigenvalue weighted by molar-refractivity contribution is 0.601. The molecule has 0 spiro atoms. The zero-order valence-electron chi connectivity index (χ0n) is 10.7. The number of sulfonamides is 1. The summed E-state index contributed by atoms with van der Waals surface area (Å²) in [5, 5.41) is 4.63. The molecule has 0 radical (unpaired) electrons. The zero-order chi connectivity index (χ0) is 13.9. The van der Waals surface area contributed by atoms with Gasteiger partial charge in [-0.25, -0.2) is 8.42 Å². The molecule has 2 rings (SSSR count). The van der Waals surface area contributed by atoms with Gasteiger partial charge in [0.1, 0.15) is 0 Å². The first kappa shape index (κ1) is 14.0. The molecule has 2 heterocycles. The fraction of sp³-hybridized carbons (Fsp3) is 0.250. The van der Waals surface area contributed by atoms with Crippen LogP contribution in [0.4, 0.5) is 5.69 Å². The first-order valence-corrected chi connectivity index (χ1v) is 8.04. The van der Waals surface area contributed by atoms with Crippen molar-refractivity contribution in [2.75, 3.05) is 11.8 Å². The summed E-state index contributed by atoms with van der Waals surface area (Å²) >= 11 is 1.42. The molecule has 0 aliphatic heterocycles. The first-order valence-electron chi connectivity index (χ1n) is 5.68. The number of pyridine rings is 1. The fourth-order valence-corrected chi connectivity index (χ4v) is 3.91. The van der Waals surface area contributed by atoms with E-state index in [0.717, 1.165) is 10.4 Å². The predicted molar refractivity (Wildman–Crippen MR) is 76.9 cm³/mol. The van der Waals surface area contributed by atoms with Crippen molar-refractivity contribution < 1.29 is 8.42 Å². The topological polar surface area (TPSA) is 71.1 Å². The molecule has 0 fully saturated rings. The maximum atomic E-state index is 12.2. The minimum Gasteiger partial charge on any atom is -0.315 e. The maximum absolute atomic E-state index is 12.2. The molecule has 0 aromatic carbocycles. The Balaban J connectivity index is 2.22. The number of anilines is 1. The minimum atomic E-state index is -3.53. The molecule has 0 unspecified atom stereocenters. The summed E-state index contributed by atoms with van der Waals surface area (Å²) in [6, 6.07) is 3.41. The largest absolute Gasteiger partial charge is 0.315 e. The second-order valence-corrected chi connectivity index (χ2v) is 6.81. The van der Waals surface area contributed by atoms with E-state index in [4.69, 9.17) is 0 Å². The smallest absolute Gasteiger partial charge is 0.262 e. The molecule has 2 aromatic rings. The van der Waals surface area contributed by atoms with Gasteiger partial charge in [-0.05, 0) is 31.7 Å². The summed E-state index contributed by atoms with van der Waals surface area (Å²) in [4.78, 5) is 5.22. The molecule has 2 N–H and O–H groups in total. The molecule has 19 heavy (non-hydrogen) atoms. The summed E-state index contributed by atoms with van der Waals surface area (Å²) in [6.07, 6.45) is 3.17. The van der Waals surface area contributed by atoms with E-state index in [-0.39, 0.29) is 4.90 Å². The summed E-state index contributed by atoms with van der Waals surface area (Å²) < 4.78 is 26.9.